The van der Waals surface area contributed by atoms with Gasteiger partial charge in [0, 0.05) is 32.3 Å². The molecule has 1 fully saturated rings. The standard InChI is InChI=1S/C26H28N4O3S/c1-19(2)22-9-11-23(12-10-22)34(31,32)30-16-14-29(15-17-30)26-24(18-27)28-25(33-26)13-8-21-6-4-20(3)5-7-21/h4-13,19H,14-17H2,1-3H3/b13-8+. The number of hydrogen-bond acceptors (Lipinski definition) is 6. The number of rotatable bonds is 6. The number of sulfonamides is 1. The van der Waals surface area contributed by atoms with E-state index < -0.39 is 10.0 Å². The van der Waals surface area contributed by atoms with Gasteiger partial charge >= 0.3 is 0 Å². The molecule has 0 unspecified atom stereocenters. The largest absolute Gasteiger partial charge is 0.420 e. The van der Waals surface area contributed by atoms with Gasteiger partial charge in [-0.2, -0.15) is 14.6 Å². The van der Waals surface area contributed by atoms with Gasteiger partial charge in [-0.1, -0.05) is 55.8 Å². The molecule has 0 atom stereocenters. The lowest BCUT2D eigenvalue weighted by atomic mass is 10.0. The fourth-order valence-corrected chi connectivity index (χ4v) is 5.26. The molecular weight excluding hydrogens is 448 g/mol. The molecule has 0 saturated carbocycles. The van der Waals surface area contributed by atoms with Crippen LogP contribution in [0.4, 0.5) is 5.88 Å². The summed E-state index contributed by atoms with van der Waals surface area (Å²) in [5.41, 5.74) is 3.48. The van der Waals surface area contributed by atoms with Gasteiger partial charge in [0.2, 0.25) is 27.5 Å². The van der Waals surface area contributed by atoms with Crippen LogP contribution in [0.25, 0.3) is 12.2 Å². The number of benzene rings is 2. The molecule has 3 aromatic rings. The van der Waals surface area contributed by atoms with Gasteiger partial charge < -0.3 is 9.32 Å². The molecule has 34 heavy (non-hydrogen) atoms. The second-order valence-electron chi connectivity index (χ2n) is 8.68. The lowest BCUT2D eigenvalue weighted by Gasteiger charge is -2.33. The normalized spacial score (nSPS) is 15.2. The van der Waals surface area contributed by atoms with Crippen molar-refractivity contribution in [1.29, 1.82) is 5.26 Å². The minimum Gasteiger partial charge on any atom is -0.420 e. The maximum atomic E-state index is 13.1. The summed E-state index contributed by atoms with van der Waals surface area (Å²) in [4.78, 5) is 6.46. The Morgan fingerprint density at radius 3 is 2.24 bits per heavy atom. The van der Waals surface area contributed by atoms with E-state index in [1.54, 1.807) is 18.2 Å². The second kappa shape index (κ2) is 9.84. The molecule has 8 heteroatoms. The molecule has 176 valence electrons. The molecule has 1 aliphatic rings. The SMILES string of the molecule is Cc1ccc(/C=C/c2nc(C#N)c(N3CCN(S(=O)(=O)c4ccc(C(C)C)cc4)CC3)o2)cc1. The summed E-state index contributed by atoms with van der Waals surface area (Å²) in [7, 11) is -3.58. The Hall–Kier alpha value is -3.41. The van der Waals surface area contributed by atoms with Crippen LogP contribution in [0.3, 0.4) is 0 Å². The summed E-state index contributed by atoms with van der Waals surface area (Å²) in [5.74, 6) is 1.06. The third-order valence-electron chi connectivity index (χ3n) is 5.94. The average Bonchev–Trinajstić information content (AvgIpc) is 3.27. The monoisotopic (exact) mass is 476 g/mol. The first-order chi connectivity index (χ1) is 16.3. The molecule has 0 spiro atoms. The zero-order chi connectivity index (χ0) is 24.3. The lowest BCUT2D eigenvalue weighted by Crippen LogP contribution is -2.48. The van der Waals surface area contributed by atoms with Crippen molar-refractivity contribution in [3.8, 4) is 6.07 Å². The van der Waals surface area contributed by atoms with Crippen molar-refractivity contribution in [2.24, 2.45) is 0 Å². The zero-order valence-electron chi connectivity index (χ0n) is 19.6. The predicted molar refractivity (Wildman–Crippen MR) is 133 cm³/mol. The Morgan fingerprint density at radius 1 is 1.00 bits per heavy atom. The second-order valence-corrected chi connectivity index (χ2v) is 10.6. The first-order valence-corrected chi connectivity index (χ1v) is 12.7. The van der Waals surface area contributed by atoms with Crippen LogP contribution in [0.5, 0.6) is 0 Å². The third kappa shape index (κ3) is 5.06. The van der Waals surface area contributed by atoms with Gasteiger partial charge in [0.15, 0.2) is 0 Å². The van der Waals surface area contributed by atoms with E-state index in [2.05, 4.69) is 24.9 Å². The van der Waals surface area contributed by atoms with Crippen LogP contribution in [0.1, 0.15) is 48.0 Å². The average molecular weight is 477 g/mol. The van der Waals surface area contributed by atoms with Gasteiger partial charge in [-0.05, 0) is 42.2 Å². The number of oxazole rings is 1. The summed E-state index contributed by atoms with van der Waals surface area (Å²) in [6.07, 6.45) is 3.61. The van der Waals surface area contributed by atoms with Gasteiger partial charge in [0.1, 0.15) is 6.07 Å². The molecule has 0 bridgehead atoms. The first-order valence-electron chi connectivity index (χ1n) is 11.3. The molecule has 2 aromatic carbocycles. The number of piperazine rings is 1. The van der Waals surface area contributed by atoms with E-state index in [0.29, 0.717) is 48.8 Å². The van der Waals surface area contributed by atoms with Crippen molar-refractivity contribution in [3.05, 3.63) is 76.8 Å². The number of hydrogen-bond donors (Lipinski definition) is 0. The highest BCUT2D eigenvalue weighted by atomic mass is 32.2. The van der Waals surface area contributed by atoms with E-state index in [0.717, 1.165) is 11.1 Å². The van der Waals surface area contributed by atoms with Crippen LogP contribution in [0.2, 0.25) is 0 Å². The van der Waals surface area contributed by atoms with Crippen molar-refractivity contribution in [2.75, 3.05) is 31.1 Å². The Morgan fingerprint density at radius 2 is 1.65 bits per heavy atom. The minimum absolute atomic E-state index is 0.198. The molecule has 2 heterocycles. The van der Waals surface area contributed by atoms with Crippen molar-refractivity contribution < 1.29 is 12.8 Å². The summed E-state index contributed by atoms with van der Waals surface area (Å²) in [6.45, 7) is 7.60. The van der Waals surface area contributed by atoms with Crippen LogP contribution in [-0.2, 0) is 10.0 Å². The molecule has 0 amide bonds. The molecule has 1 saturated heterocycles. The van der Waals surface area contributed by atoms with Gasteiger partial charge in [-0.15, -0.1) is 0 Å². The maximum Gasteiger partial charge on any atom is 0.243 e. The van der Waals surface area contributed by atoms with Gasteiger partial charge in [0.25, 0.3) is 0 Å². The van der Waals surface area contributed by atoms with Gasteiger partial charge in [0.05, 0.1) is 4.90 Å². The molecule has 1 aromatic heterocycles. The van der Waals surface area contributed by atoms with Crippen LogP contribution in [0, 0.1) is 18.3 Å². The fraction of sp³-hybridized carbons (Fsp3) is 0.308. The lowest BCUT2D eigenvalue weighted by molar-refractivity contribution is 0.373. The maximum absolute atomic E-state index is 13.1. The van der Waals surface area contributed by atoms with Crippen molar-refractivity contribution >= 4 is 28.1 Å². The van der Waals surface area contributed by atoms with Crippen LogP contribution >= 0.6 is 0 Å². The van der Waals surface area contributed by atoms with Crippen LogP contribution in [-0.4, -0.2) is 43.9 Å². The van der Waals surface area contributed by atoms with E-state index in [1.807, 2.05) is 54.3 Å². The van der Waals surface area contributed by atoms with E-state index in [9.17, 15) is 13.7 Å². The Kier molecular flexibility index (Phi) is 6.87. The van der Waals surface area contributed by atoms with Crippen molar-refractivity contribution in [2.45, 2.75) is 31.6 Å². The van der Waals surface area contributed by atoms with E-state index >= 15 is 0 Å². The first kappa shape index (κ1) is 23.7. The highest BCUT2D eigenvalue weighted by molar-refractivity contribution is 7.89. The smallest absolute Gasteiger partial charge is 0.243 e. The highest BCUT2D eigenvalue weighted by Gasteiger charge is 2.31. The number of anilines is 1. The van der Waals surface area contributed by atoms with E-state index in [-0.39, 0.29) is 5.69 Å². The summed E-state index contributed by atoms with van der Waals surface area (Å²) >= 11 is 0. The highest BCUT2D eigenvalue weighted by Crippen LogP contribution is 2.26. The summed E-state index contributed by atoms with van der Waals surface area (Å²) in [5, 5.41) is 9.54. The Balaban J connectivity index is 1.45. The van der Waals surface area contributed by atoms with E-state index in [1.165, 1.54) is 9.87 Å². The van der Waals surface area contributed by atoms with Crippen molar-refractivity contribution in [1.82, 2.24) is 9.29 Å². The molecule has 4 rings (SSSR count). The molecule has 0 radical (unpaired) electrons. The summed E-state index contributed by atoms with van der Waals surface area (Å²) in [6, 6.07) is 17.2. The van der Waals surface area contributed by atoms with Crippen molar-refractivity contribution in [3.63, 3.8) is 0 Å². The quantitative estimate of drug-likeness (QED) is 0.514. The molecular formula is C26H28N4O3S. The molecule has 0 aliphatic carbocycles. The molecule has 7 nitrogen and oxygen atoms in total. The topological polar surface area (TPSA) is 90.4 Å². The third-order valence-corrected chi connectivity index (χ3v) is 7.85. The zero-order valence-corrected chi connectivity index (χ0v) is 20.4. The Bertz CT molecular complexity index is 1310. The van der Waals surface area contributed by atoms with Gasteiger partial charge in [-0.3, -0.25) is 0 Å². The molecule has 0 N–H and O–H groups in total. The van der Waals surface area contributed by atoms with Crippen LogP contribution in [0.15, 0.2) is 57.8 Å². The van der Waals surface area contributed by atoms with Gasteiger partial charge in [-0.25, -0.2) is 8.42 Å². The number of nitriles is 1. The number of aromatic nitrogens is 1. The minimum atomic E-state index is -3.58. The molecule has 1 aliphatic heterocycles. The fourth-order valence-electron chi connectivity index (χ4n) is 3.84. The van der Waals surface area contributed by atoms with E-state index in [4.69, 9.17) is 4.42 Å². The summed E-state index contributed by atoms with van der Waals surface area (Å²) < 4.78 is 33.5. The Labute approximate surface area is 201 Å². The van der Waals surface area contributed by atoms with Crippen LogP contribution < -0.4 is 4.90 Å². The number of nitrogens with zero attached hydrogens (tertiary/aromatic N) is 4. The predicted octanol–water partition coefficient (Wildman–Crippen LogP) is 4.66. The number of aryl methyl sites for hydroxylation is 1.